The number of carbonyl (C=O) groups excluding carboxylic acids is 2. The van der Waals surface area contributed by atoms with Crippen LogP contribution in [0.1, 0.15) is 37.7 Å². The Kier molecular flexibility index (Phi) is 4.98. The average molecular weight is 355 g/mol. The van der Waals surface area contributed by atoms with E-state index < -0.39 is 0 Å². The van der Waals surface area contributed by atoms with Crippen LogP contribution in [0.5, 0.6) is 0 Å². The smallest absolute Gasteiger partial charge is 0.228 e. The van der Waals surface area contributed by atoms with Crippen molar-refractivity contribution in [1.29, 1.82) is 0 Å². The molecule has 1 aromatic rings. The Hall–Kier alpha value is -1.88. The predicted octanol–water partition coefficient (Wildman–Crippen LogP) is 2.43. The van der Waals surface area contributed by atoms with Gasteiger partial charge in [-0.3, -0.25) is 14.5 Å². The number of hydrogen-bond acceptors (Lipinski definition) is 3. The minimum Gasteiger partial charge on any atom is -0.340 e. The second kappa shape index (κ2) is 7.39. The van der Waals surface area contributed by atoms with E-state index in [1.807, 2.05) is 36.1 Å². The third-order valence-corrected chi connectivity index (χ3v) is 6.25. The zero-order chi connectivity index (χ0) is 18.1. The van der Waals surface area contributed by atoms with Crippen LogP contribution in [0, 0.1) is 12.8 Å². The van der Waals surface area contributed by atoms with E-state index in [0.29, 0.717) is 13.0 Å². The fourth-order valence-corrected chi connectivity index (χ4v) is 4.75. The summed E-state index contributed by atoms with van der Waals surface area (Å²) in [6, 6.07) is 8.70. The van der Waals surface area contributed by atoms with Crippen LogP contribution in [0.2, 0.25) is 0 Å². The number of aryl methyl sites for hydroxylation is 1. The van der Waals surface area contributed by atoms with E-state index in [1.165, 1.54) is 25.7 Å². The highest BCUT2D eigenvalue weighted by atomic mass is 16.2. The largest absolute Gasteiger partial charge is 0.340 e. The maximum Gasteiger partial charge on any atom is 0.228 e. The van der Waals surface area contributed by atoms with Gasteiger partial charge in [0.05, 0.1) is 5.92 Å². The molecule has 140 valence electrons. The van der Waals surface area contributed by atoms with E-state index in [1.54, 1.807) is 4.90 Å². The lowest BCUT2D eigenvalue weighted by atomic mass is 10.1. The summed E-state index contributed by atoms with van der Waals surface area (Å²) in [5.41, 5.74) is 2.05. The Morgan fingerprint density at radius 1 is 1.08 bits per heavy atom. The van der Waals surface area contributed by atoms with Gasteiger partial charge < -0.3 is 9.80 Å². The molecule has 2 saturated heterocycles. The fourth-order valence-electron chi connectivity index (χ4n) is 4.75. The molecule has 2 aliphatic heterocycles. The van der Waals surface area contributed by atoms with Gasteiger partial charge in [0, 0.05) is 50.9 Å². The third kappa shape index (κ3) is 3.50. The van der Waals surface area contributed by atoms with Crippen LogP contribution < -0.4 is 4.90 Å². The van der Waals surface area contributed by atoms with Crippen LogP contribution in [0.25, 0.3) is 0 Å². The van der Waals surface area contributed by atoms with Crippen LogP contribution in [0.4, 0.5) is 5.69 Å². The van der Waals surface area contributed by atoms with Gasteiger partial charge in [-0.15, -0.1) is 0 Å². The Balaban J connectivity index is 1.35. The second-order valence-corrected chi connectivity index (χ2v) is 8.04. The predicted molar refractivity (Wildman–Crippen MR) is 102 cm³/mol. The molecule has 1 aromatic carbocycles. The molecule has 0 radical (unpaired) electrons. The summed E-state index contributed by atoms with van der Waals surface area (Å²) in [4.78, 5) is 31.7. The first-order valence-electron chi connectivity index (χ1n) is 10.0. The summed E-state index contributed by atoms with van der Waals surface area (Å²) in [6.07, 6.45) is 5.67. The number of hydrogen-bond donors (Lipinski definition) is 0. The van der Waals surface area contributed by atoms with Crippen LogP contribution in [-0.2, 0) is 9.59 Å². The number of nitrogens with zero attached hydrogens (tertiary/aromatic N) is 3. The monoisotopic (exact) mass is 355 g/mol. The number of benzene rings is 1. The average Bonchev–Trinajstić information content (AvgIpc) is 3.31. The molecule has 1 saturated carbocycles. The maximum absolute atomic E-state index is 12.9. The van der Waals surface area contributed by atoms with E-state index in [2.05, 4.69) is 4.90 Å². The van der Waals surface area contributed by atoms with Gasteiger partial charge in [0.2, 0.25) is 11.8 Å². The van der Waals surface area contributed by atoms with Gasteiger partial charge in [0.1, 0.15) is 0 Å². The molecule has 0 bridgehead atoms. The minimum atomic E-state index is -0.193. The van der Waals surface area contributed by atoms with Crippen molar-refractivity contribution in [2.45, 2.75) is 45.1 Å². The lowest BCUT2D eigenvalue weighted by Crippen LogP contribution is -2.52. The van der Waals surface area contributed by atoms with Gasteiger partial charge in [0.25, 0.3) is 0 Å². The Bertz CT molecular complexity index is 676. The number of amides is 2. The maximum atomic E-state index is 12.9. The van der Waals surface area contributed by atoms with E-state index >= 15 is 0 Å². The van der Waals surface area contributed by atoms with Gasteiger partial charge in [0.15, 0.2) is 0 Å². The zero-order valence-electron chi connectivity index (χ0n) is 15.7. The molecule has 0 N–H and O–H groups in total. The van der Waals surface area contributed by atoms with Crippen molar-refractivity contribution >= 4 is 17.5 Å². The number of anilines is 1. The lowest BCUT2D eigenvalue weighted by molar-refractivity contribution is -0.137. The molecule has 4 rings (SSSR count). The quantitative estimate of drug-likeness (QED) is 0.836. The van der Waals surface area contributed by atoms with Crippen LogP contribution in [0.15, 0.2) is 24.3 Å². The molecular weight excluding hydrogens is 326 g/mol. The van der Waals surface area contributed by atoms with E-state index in [0.717, 1.165) is 43.5 Å². The third-order valence-electron chi connectivity index (χ3n) is 6.25. The minimum absolute atomic E-state index is 0.0681. The first-order chi connectivity index (χ1) is 12.6. The van der Waals surface area contributed by atoms with Crippen molar-refractivity contribution in [3.63, 3.8) is 0 Å². The molecule has 26 heavy (non-hydrogen) atoms. The van der Waals surface area contributed by atoms with E-state index in [4.69, 9.17) is 0 Å². The van der Waals surface area contributed by atoms with Gasteiger partial charge in [-0.2, -0.15) is 0 Å². The summed E-state index contributed by atoms with van der Waals surface area (Å²) in [5.74, 6) is 0.0409. The second-order valence-electron chi connectivity index (χ2n) is 8.04. The van der Waals surface area contributed by atoms with Crippen LogP contribution >= 0.6 is 0 Å². The molecule has 5 heteroatoms. The van der Waals surface area contributed by atoms with Crippen LogP contribution in [0.3, 0.4) is 0 Å². The van der Waals surface area contributed by atoms with Crippen molar-refractivity contribution in [2.75, 3.05) is 37.6 Å². The van der Waals surface area contributed by atoms with Gasteiger partial charge >= 0.3 is 0 Å². The summed E-state index contributed by atoms with van der Waals surface area (Å²) < 4.78 is 0. The Morgan fingerprint density at radius 3 is 2.50 bits per heavy atom. The molecule has 5 nitrogen and oxygen atoms in total. The zero-order valence-corrected chi connectivity index (χ0v) is 15.7. The highest BCUT2D eigenvalue weighted by Crippen LogP contribution is 2.28. The van der Waals surface area contributed by atoms with Gasteiger partial charge in [-0.05, 0) is 37.5 Å². The standard InChI is InChI=1S/C21H29N3O2/c1-16-5-4-8-19(13-16)24-15-17(14-20(24)25)21(26)23-11-9-22(10-12-23)18-6-2-3-7-18/h4-5,8,13,17-18H,2-3,6-7,9-12,14-15H2,1H3. The SMILES string of the molecule is Cc1cccc(N2CC(C(=O)N3CCN(C4CCCC4)CC3)CC2=O)c1. The van der Waals surface area contributed by atoms with E-state index in [9.17, 15) is 9.59 Å². The molecule has 2 heterocycles. The first-order valence-corrected chi connectivity index (χ1v) is 10.0. The number of rotatable bonds is 3. The molecule has 2 amide bonds. The van der Waals surface area contributed by atoms with Crippen molar-refractivity contribution in [3.05, 3.63) is 29.8 Å². The lowest BCUT2D eigenvalue weighted by Gasteiger charge is -2.38. The Morgan fingerprint density at radius 2 is 1.81 bits per heavy atom. The summed E-state index contributed by atoms with van der Waals surface area (Å²) >= 11 is 0. The molecule has 1 aliphatic carbocycles. The topological polar surface area (TPSA) is 43.9 Å². The van der Waals surface area contributed by atoms with E-state index in [-0.39, 0.29) is 17.7 Å². The molecular formula is C21H29N3O2. The highest BCUT2D eigenvalue weighted by Gasteiger charge is 2.38. The van der Waals surface area contributed by atoms with Gasteiger partial charge in [-0.1, -0.05) is 25.0 Å². The highest BCUT2D eigenvalue weighted by molar-refractivity contribution is 6.00. The normalized spacial score (nSPS) is 25.3. The first kappa shape index (κ1) is 17.5. The number of carbonyl (C=O) groups is 2. The molecule has 0 aromatic heterocycles. The van der Waals surface area contributed by atoms with Crippen molar-refractivity contribution in [3.8, 4) is 0 Å². The summed E-state index contributed by atoms with van der Waals surface area (Å²) in [7, 11) is 0. The molecule has 0 spiro atoms. The molecule has 3 aliphatic rings. The number of piperazine rings is 1. The molecule has 1 unspecified atom stereocenters. The fraction of sp³-hybridized carbons (Fsp3) is 0.619. The van der Waals surface area contributed by atoms with Crippen molar-refractivity contribution < 1.29 is 9.59 Å². The van der Waals surface area contributed by atoms with Crippen molar-refractivity contribution in [2.24, 2.45) is 5.92 Å². The van der Waals surface area contributed by atoms with Gasteiger partial charge in [-0.25, -0.2) is 0 Å². The van der Waals surface area contributed by atoms with Crippen molar-refractivity contribution in [1.82, 2.24) is 9.80 Å². The molecule has 3 fully saturated rings. The molecule has 1 atom stereocenters. The Labute approximate surface area is 155 Å². The van der Waals surface area contributed by atoms with Crippen LogP contribution in [-0.4, -0.2) is 60.4 Å². The summed E-state index contributed by atoms with van der Waals surface area (Å²) in [5, 5.41) is 0. The summed E-state index contributed by atoms with van der Waals surface area (Å²) in [6.45, 7) is 6.13.